The summed E-state index contributed by atoms with van der Waals surface area (Å²) in [5.74, 6) is 1.33. The van der Waals surface area contributed by atoms with Gasteiger partial charge in [0, 0.05) is 36.6 Å². The number of piperazine rings is 1. The fraction of sp³-hybridized carbons (Fsp3) is 0.350. The molecule has 0 saturated carbocycles. The quantitative estimate of drug-likeness (QED) is 0.878. The topological polar surface area (TPSA) is 50.8 Å². The van der Waals surface area contributed by atoms with Crippen molar-refractivity contribution < 1.29 is 14.3 Å². The highest BCUT2D eigenvalue weighted by Crippen LogP contribution is 2.32. The van der Waals surface area contributed by atoms with Crippen molar-refractivity contribution in [2.75, 3.05) is 32.8 Å². The molecule has 2 aliphatic rings. The van der Waals surface area contributed by atoms with Crippen molar-refractivity contribution in [1.82, 2.24) is 10.2 Å². The van der Waals surface area contributed by atoms with Crippen LogP contribution in [0, 0.1) is 0 Å². The Morgan fingerprint density at radius 1 is 1.12 bits per heavy atom. The summed E-state index contributed by atoms with van der Waals surface area (Å²) in [6.45, 7) is 3.35. The Kier molecular flexibility index (Phi) is 5.00. The Balaban J connectivity index is 1.62. The van der Waals surface area contributed by atoms with E-state index in [1.807, 2.05) is 41.3 Å². The molecule has 136 valence electrons. The Hall–Kier alpha value is -2.24. The maximum absolute atomic E-state index is 13.2. The predicted molar refractivity (Wildman–Crippen MR) is 100 cm³/mol. The van der Waals surface area contributed by atoms with Gasteiger partial charge in [0.15, 0.2) is 11.5 Å². The van der Waals surface area contributed by atoms with Gasteiger partial charge in [0.2, 0.25) is 0 Å². The molecule has 0 spiro atoms. The van der Waals surface area contributed by atoms with Gasteiger partial charge in [-0.2, -0.15) is 0 Å². The number of ether oxygens (including phenoxy) is 2. The van der Waals surface area contributed by atoms with Gasteiger partial charge in [-0.05, 0) is 35.9 Å². The largest absolute Gasteiger partial charge is 0.490 e. The van der Waals surface area contributed by atoms with Gasteiger partial charge in [-0.3, -0.25) is 4.79 Å². The lowest BCUT2D eigenvalue weighted by Crippen LogP contribution is -2.48. The van der Waals surface area contributed by atoms with E-state index in [0.717, 1.165) is 18.5 Å². The maximum Gasteiger partial charge on any atom is 0.254 e. The molecule has 1 saturated heterocycles. The fourth-order valence-electron chi connectivity index (χ4n) is 3.42. The molecule has 2 aliphatic heterocycles. The average Bonchev–Trinajstić information content (AvgIpc) is 2.92. The molecule has 2 aromatic carbocycles. The Morgan fingerprint density at radius 3 is 2.81 bits per heavy atom. The van der Waals surface area contributed by atoms with Crippen LogP contribution in [0.5, 0.6) is 11.5 Å². The van der Waals surface area contributed by atoms with E-state index in [0.29, 0.717) is 48.4 Å². The Bertz CT molecular complexity index is 811. The SMILES string of the molecule is O=C(c1ccc2c(c1)OCCCO2)N1CCNCC1c1cccc(Cl)c1. The molecule has 0 aliphatic carbocycles. The van der Waals surface area contributed by atoms with Gasteiger partial charge in [0.25, 0.3) is 5.91 Å². The van der Waals surface area contributed by atoms with Crippen LogP contribution in [-0.4, -0.2) is 43.7 Å². The number of amides is 1. The number of hydrogen-bond donors (Lipinski definition) is 1. The first kappa shape index (κ1) is 17.2. The summed E-state index contributed by atoms with van der Waals surface area (Å²) in [6.07, 6.45) is 0.840. The molecule has 0 radical (unpaired) electrons. The normalized spacial score (nSPS) is 19.7. The van der Waals surface area contributed by atoms with Crippen LogP contribution < -0.4 is 14.8 Å². The molecule has 0 bridgehead atoms. The molecular formula is C20H21ClN2O3. The summed E-state index contributed by atoms with van der Waals surface area (Å²) in [7, 11) is 0. The highest BCUT2D eigenvalue weighted by molar-refractivity contribution is 6.30. The smallest absolute Gasteiger partial charge is 0.254 e. The van der Waals surface area contributed by atoms with E-state index >= 15 is 0 Å². The summed E-state index contributed by atoms with van der Waals surface area (Å²) in [5.41, 5.74) is 1.65. The van der Waals surface area contributed by atoms with Crippen molar-refractivity contribution in [1.29, 1.82) is 0 Å². The van der Waals surface area contributed by atoms with Gasteiger partial charge < -0.3 is 19.7 Å². The first-order valence-electron chi connectivity index (χ1n) is 8.89. The third kappa shape index (κ3) is 3.50. The summed E-state index contributed by atoms with van der Waals surface area (Å²) >= 11 is 6.15. The van der Waals surface area contributed by atoms with E-state index in [1.165, 1.54) is 0 Å². The van der Waals surface area contributed by atoms with Crippen molar-refractivity contribution in [2.24, 2.45) is 0 Å². The molecular weight excluding hydrogens is 352 g/mol. The molecule has 1 N–H and O–H groups in total. The summed E-state index contributed by atoms with van der Waals surface area (Å²) in [4.78, 5) is 15.1. The second-order valence-corrected chi connectivity index (χ2v) is 6.92. The van der Waals surface area contributed by atoms with Gasteiger partial charge in [0.05, 0.1) is 19.3 Å². The van der Waals surface area contributed by atoms with Crippen LogP contribution in [0.2, 0.25) is 5.02 Å². The number of nitrogens with zero attached hydrogens (tertiary/aromatic N) is 1. The van der Waals surface area contributed by atoms with E-state index < -0.39 is 0 Å². The third-order valence-corrected chi connectivity index (χ3v) is 4.97. The molecule has 2 aromatic rings. The molecule has 1 fully saturated rings. The lowest BCUT2D eigenvalue weighted by atomic mass is 10.0. The zero-order valence-electron chi connectivity index (χ0n) is 14.4. The summed E-state index contributed by atoms with van der Waals surface area (Å²) in [5, 5.41) is 4.04. The van der Waals surface area contributed by atoms with Gasteiger partial charge >= 0.3 is 0 Å². The van der Waals surface area contributed by atoms with Crippen LogP contribution >= 0.6 is 11.6 Å². The third-order valence-electron chi connectivity index (χ3n) is 4.73. The molecule has 1 unspecified atom stereocenters. The lowest BCUT2D eigenvalue weighted by molar-refractivity contribution is 0.0634. The van der Waals surface area contributed by atoms with E-state index in [2.05, 4.69) is 5.32 Å². The van der Waals surface area contributed by atoms with Gasteiger partial charge in [-0.1, -0.05) is 23.7 Å². The number of hydrogen-bond acceptors (Lipinski definition) is 4. The van der Waals surface area contributed by atoms with E-state index in [-0.39, 0.29) is 11.9 Å². The van der Waals surface area contributed by atoms with Crippen molar-refractivity contribution in [3.05, 3.63) is 58.6 Å². The van der Waals surface area contributed by atoms with Crippen molar-refractivity contribution in [3.8, 4) is 11.5 Å². The highest BCUT2D eigenvalue weighted by Gasteiger charge is 2.29. The maximum atomic E-state index is 13.2. The Morgan fingerprint density at radius 2 is 1.96 bits per heavy atom. The minimum Gasteiger partial charge on any atom is -0.490 e. The second-order valence-electron chi connectivity index (χ2n) is 6.49. The highest BCUT2D eigenvalue weighted by atomic mass is 35.5. The number of fused-ring (bicyclic) bond motifs is 1. The lowest BCUT2D eigenvalue weighted by Gasteiger charge is -2.36. The first-order valence-corrected chi connectivity index (χ1v) is 9.27. The van der Waals surface area contributed by atoms with Gasteiger partial charge in [0.1, 0.15) is 0 Å². The van der Waals surface area contributed by atoms with Crippen LogP contribution in [0.3, 0.4) is 0 Å². The Labute approximate surface area is 157 Å². The van der Waals surface area contributed by atoms with Crippen molar-refractivity contribution in [2.45, 2.75) is 12.5 Å². The minimum absolute atomic E-state index is 0.00729. The number of carbonyl (C=O) groups excluding carboxylic acids is 1. The van der Waals surface area contributed by atoms with Gasteiger partial charge in [-0.25, -0.2) is 0 Å². The van der Waals surface area contributed by atoms with Crippen molar-refractivity contribution in [3.63, 3.8) is 0 Å². The minimum atomic E-state index is -0.0501. The first-order chi connectivity index (χ1) is 12.7. The zero-order valence-corrected chi connectivity index (χ0v) is 15.2. The van der Waals surface area contributed by atoms with Crippen LogP contribution in [0.1, 0.15) is 28.4 Å². The van der Waals surface area contributed by atoms with Crippen molar-refractivity contribution >= 4 is 17.5 Å². The van der Waals surface area contributed by atoms with E-state index in [4.69, 9.17) is 21.1 Å². The molecule has 2 heterocycles. The zero-order chi connectivity index (χ0) is 17.9. The average molecular weight is 373 g/mol. The predicted octanol–water partition coefficient (Wildman–Crippen LogP) is 3.29. The molecule has 1 atom stereocenters. The molecule has 26 heavy (non-hydrogen) atoms. The number of benzene rings is 2. The van der Waals surface area contributed by atoms with E-state index in [1.54, 1.807) is 6.07 Å². The van der Waals surface area contributed by atoms with Crippen LogP contribution in [0.4, 0.5) is 0 Å². The number of rotatable bonds is 2. The number of halogens is 1. The summed E-state index contributed by atoms with van der Waals surface area (Å²) < 4.78 is 11.4. The van der Waals surface area contributed by atoms with Crippen LogP contribution in [0.15, 0.2) is 42.5 Å². The molecule has 0 aromatic heterocycles. The monoisotopic (exact) mass is 372 g/mol. The molecule has 6 heteroatoms. The van der Waals surface area contributed by atoms with E-state index in [9.17, 15) is 4.79 Å². The number of nitrogens with one attached hydrogen (secondary N) is 1. The molecule has 4 rings (SSSR count). The summed E-state index contributed by atoms with van der Waals surface area (Å²) in [6, 6.07) is 13.1. The standard InChI is InChI=1S/C20H21ClN2O3/c21-16-4-1-3-14(11-16)17-13-22-7-8-23(17)20(24)15-5-6-18-19(12-15)26-10-2-9-25-18/h1,3-6,11-12,17,22H,2,7-10,13H2. The second kappa shape index (κ2) is 7.56. The fourth-order valence-corrected chi connectivity index (χ4v) is 3.62. The molecule has 1 amide bonds. The van der Waals surface area contributed by atoms with Crippen LogP contribution in [-0.2, 0) is 0 Å². The van der Waals surface area contributed by atoms with Gasteiger partial charge in [-0.15, -0.1) is 0 Å². The molecule has 5 nitrogen and oxygen atoms in total. The van der Waals surface area contributed by atoms with Crippen LogP contribution in [0.25, 0.3) is 0 Å². The number of carbonyl (C=O) groups is 1.